The number of amides is 2. The van der Waals surface area contributed by atoms with Crippen molar-refractivity contribution in [3.8, 4) is 0 Å². The molecule has 6 atom stereocenters. The van der Waals surface area contributed by atoms with E-state index in [9.17, 15) is 9.59 Å². The molecule has 4 aliphatic heterocycles. The molecule has 8 nitrogen and oxygen atoms in total. The molecule has 2 amide bonds. The predicted molar refractivity (Wildman–Crippen MR) is 156 cm³/mol. The normalized spacial score (nSPS) is 37.4. The molecule has 1 saturated carbocycles. The van der Waals surface area contributed by atoms with E-state index in [1.54, 1.807) is 7.11 Å². The van der Waals surface area contributed by atoms with Gasteiger partial charge in [0, 0.05) is 32.0 Å². The van der Waals surface area contributed by atoms with Gasteiger partial charge in [-0.2, -0.15) is 0 Å². The molecule has 4 heterocycles. The average Bonchev–Trinajstić information content (AvgIpc) is 3.29. The lowest BCUT2D eigenvalue weighted by Gasteiger charge is -2.63. The van der Waals surface area contributed by atoms with E-state index in [4.69, 9.17) is 18.6 Å². The molecule has 226 valence electrons. The Balaban J connectivity index is 1.60. The molecule has 0 unspecified atom stereocenters. The topological polar surface area (TPSA) is 77.5 Å². The summed E-state index contributed by atoms with van der Waals surface area (Å²) in [7, 11) is -0.441. The fourth-order valence-electron chi connectivity index (χ4n) is 8.54. The molecule has 40 heavy (non-hydrogen) atoms. The highest BCUT2D eigenvalue weighted by molar-refractivity contribution is 6.74. The molecule has 1 aliphatic carbocycles. The molecular weight excluding hydrogens is 524 g/mol. The molecule has 4 fully saturated rings. The second-order valence-corrected chi connectivity index (χ2v) is 19.3. The van der Waals surface area contributed by atoms with E-state index in [0.29, 0.717) is 38.0 Å². The van der Waals surface area contributed by atoms with Gasteiger partial charge < -0.3 is 23.5 Å². The Morgan fingerprint density at radius 1 is 1.12 bits per heavy atom. The average molecular weight is 577 g/mol. The van der Waals surface area contributed by atoms with Crippen molar-refractivity contribution in [3.63, 3.8) is 0 Å². The van der Waals surface area contributed by atoms with Gasteiger partial charge in [-0.25, -0.2) is 4.79 Å². The number of carbonyl (C=O) groups is 2. The van der Waals surface area contributed by atoms with Crippen LogP contribution in [0.5, 0.6) is 0 Å². The Hall–Kier alpha value is -1.42. The summed E-state index contributed by atoms with van der Waals surface area (Å²) in [5.41, 5.74) is -0.863. The maximum absolute atomic E-state index is 14.1. The number of ether oxygens (including phenoxy) is 3. The van der Waals surface area contributed by atoms with Crippen LogP contribution < -0.4 is 0 Å². The highest BCUT2D eigenvalue weighted by atomic mass is 28.4. The molecule has 0 aromatic carbocycles. The van der Waals surface area contributed by atoms with Crippen molar-refractivity contribution in [1.82, 2.24) is 9.80 Å². The van der Waals surface area contributed by atoms with Crippen molar-refractivity contribution >= 4 is 20.3 Å². The lowest BCUT2D eigenvalue weighted by Crippen LogP contribution is -2.77. The van der Waals surface area contributed by atoms with Crippen molar-refractivity contribution in [3.05, 3.63) is 12.2 Å². The van der Waals surface area contributed by atoms with Gasteiger partial charge in [-0.3, -0.25) is 9.69 Å². The first-order chi connectivity index (χ1) is 19.0. The molecule has 3 saturated heterocycles. The number of piperidine rings is 1. The number of methoxy groups -OCH3 is 1. The van der Waals surface area contributed by atoms with Crippen LogP contribution in [0.4, 0.5) is 4.79 Å². The first-order valence-electron chi connectivity index (χ1n) is 15.6. The summed E-state index contributed by atoms with van der Waals surface area (Å²) in [6.45, 7) is 13.8. The van der Waals surface area contributed by atoms with Crippen LogP contribution in [-0.4, -0.2) is 88.0 Å². The molecule has 5 aliphatic rings. The van der Waals surface area contributed by atoms with Crippen molar-refractivity contribution in [2.24, 2.45) is 17.3 Å². The van der Waals surface area contributed by atoms with E-state index in [1.807, 2.05) is 4.90 Å². The van der Waals surface area contributed by atoms with E-state index >= 15 is 0 Å². The number of rotatable bonds is 7. The van der Waals surface area contributed by atoms with Crippen LogP contribution in [-0.2, 0) is 23.4 Å². The van der Waals surface area contributed by atoms with Crippen molar-refractivity contribution in [1.29, 1.82) is 0 Å². The maximum atomic E-state index is 14.1. The molecule has 0 aromatic heterocycles. The smallest absolute Gasteiger partial charge is 0.410 e. The molecule has 4 bridgehead atoms. The van der Waals surface area contributed by atoms with Crippen LogP contribution in [0.1, 0.15) is 78.6 Å². The lowest BCUT2D eigenvalue weighted by molar-refractivity contribution is -0.185. The van der Waals surface area contributed by atoms with Crippen LogP contribution in [0.3, 0.4) is 0 Å². The summed E-state index contributed by atoms with van der Waals surface area (Å²) in [6.07, 6.45) is 12.3. The third-order valence-corrected chi connectivity index (χ3v) is 15.7. The molecule has 0 aromatic rings. The van der Waals surface area contributed by atoms with Gasteiger partial charge >= 0.3 is 6.09 Å². The van der Waals surface area contributed by atoms with E-state index in [1.165, 1.54) is 0 Å². The van der Waals surface area contributed by atoms with Gasteiger partial charge in [-0.05, 0) is 81.3 Å². The van der Waals surface area contributed by atoms with Crippen LogP contribution >= 0.6 is 0 Å². The molecule has 0 radical (unpaired) electrons. The summed E-state index contributed by atoms with van der Waals surface area (Å²) in [5.74, 6) is 0.882. The number of cyclic esters (lactones) is 1. The Morgan fingerprint density at radius 3 is 2.60 bits per heavy atom. The largest absolute Gasteiger partial charge is 0.441 e. The summed E-state index contributed by atoms with van der Waals surface area (Å²) in [6, 6.07) is -0.161. The van der Waals surface area contributed by atoms with Gasteiger partial charge in [-0.15, -0.1) is 0 Å². The zero-order valence-corrected chi connectivity index (χ0v) is 26.7. The number of nitrogens with zero attached hydrogens (tertiary/aromatic N) is 2. The first-order valence-corrected chi connectivity index (χ1v) is 18.5. The lowest BCUT2D eigenvalue weighted by atomic mass is 9.51. The Morgan fingerprint density at radius 2 is 1.88 bits per heavy atom. The van der Waals surface area contributed by atoms with Crippen molar-refractivity contribution in [2.75, 3.05) is 40.2 Å². The molecule has 9 heteroatoms. The highest BCUT2D eigenvalue weighted by Crippen LogP contribution is 2.65. The minimum Gasteiger partial charge on any atom is -0.441 e. The first kappa shape index (κ1) is 30.0. The fourth-order valence-corrected chi connectivity index (χ4v) is 9.54. The summed E-state index contributed by atoms with van der Waals surface area (Å²) >= 11 is 0. The van der Waals surface area contributed by atoms with Crippen molar-refractivity contribution in [2.45, 2.75) is 114 Å². The third kappa shape index (κ3) is 4.96. The molecule has 1 spiro atoms. The minimum atomic E-state index is -2.10. The van der Waals surface area contributed by atoms with E-state index in [0.717, 1.165) is 57.9 Å². The van der Waals surface area contributed by atoms with Gasteiger partial charge in [0.2, 0.25) is 5.91 Å². The summed E-state index contributed by atoms with van der Waals surface area (Å²) in [4.78, 5) is 31.9. The second kappa shape index (κ2) is 11.3. The highest BCUT2D eigenvalue weighted by Gasteiger charge is 2.77. The molecule has 0 N–H and O–H groups in total. The fraction of sp³-hybridized carbons (Fsp3) is 0.871. The summed E-state index contributed by atoms with van der Waals surface area (Å²) < 4.78 is 24.6. The SMILES string of the molecule is COCOC[C@@]12CCC/C=C/CCCCC(=O)N3CC[C@@H]4[C@H](CN5C(=O)O[C@H](CO[Si](C)(C)C(C)(C)C)[C@@]45[C@@H]31)C2. The third-order valence-electron chi connectivity index (χ3n) is 11.2. The Bertz CT molecular complexity index is 981. The number of hydrogen-bond acceptors (Lipinski definition) is 6. The number of allylic oxidation sites excluding steroid dienone is 2. The van der Waals surface area contributed by atoms with Crippen molar-refractivity contribution < 1.29 is 28.2 Å². The molecule has 5 rings (SSSR count). The zero-order chi connectivity index (χ0) is 28.8. The van der Waals surface area contributed by atoms with E-state index < -0.39 is 20.0 Å². The summed E-state index contributed by atoms with van der Waals surface area (Å²) in [5, 5.41) is 0.0488. The Kier molecular flexibility index (Phi) is 8.52. The Labute approximate surface area is 242 Å². The standard InChI is InChI=1S/C31H52N2O6Si/c1-29(2,3)40(5,6)38-20-25-31-24-15-17-32-26(34)14-12-10-8-7-9-11-13-16-30(27(31)32,21-37-22-36-4)18-23(24)19-33(31)28(35)39-25/h7,9,23-25,27H,8,10-22H2,1-6H3/b9-7+/t23-,24+,25+,27-,30-,31+/m0/s1. The van der Waals surface area contributed by atoms with Gasteiger partial charge in [-0.1, -0.05) is 32.9 Å². The van der Waals surface area contributed by atoms with Crippen LogP contribution in [0.25, 0.3) is 0 Å². The van der Waals surface area contributed by atoms with Gasteiger partial charge in [0.25, 0.3) is 0 Å². The zero-order valence-electron chi connectivity index (χ0n) is 25.7. The minimum absolute atomic E-state index is 0.0488. The molecular formula is C31H52N2O6Si. The van der Waals surface area contributed by atoms with E-state index in [-0.39, 0.29) is 35.3 Å². The van der Waals surface area contributed by atoms with Crippen LogP contribution in [0, 0.1) is 17.3 Å². The van der Waals surface area contributed by atoms with E-state index in [2.05, 4.69) is 50.9 Å². The van der Waals surface area contributed by atoms with Gasteiger partial charge in [0.05, 0.1) is 19.3 Å². The number of hydrogen-bond donors (Lipinski definition) is 0. The van der Waals surface area contributed by atoms with Gasteiger partial charge in [0.15, 0.2) is 14.4 Å². The maximum Gasteiger partial charge on any atom is 0.410 e. The second-order valence-electron chi connectivity index (χ2n) is 14.5. The monoisotopic (exact) mass is 576 g/mol. The quantitative estimate of drug-likeness (QED) is 0.167. The predicted octanol–water partition coefficient (Wildman–Crippen LogP) is 5.73. The van der Waals surface area contributed by atoms with Gasteiger partial charge in [0.1, 0.15) is 12.3 Å². The van der Waals surface area contributed by atoms with Crippen LogP contribution in [0.2, 0.25) is 18.1 Å². The van der Waals surface area contributed by atoms with Crippen LogP contribution in [0.15, 0.2) is 12.2 Å². The number of carbonyl (C=O) groups excluding carboxylic acids is 2.